The summed E-state index contributed by atoms with van der Waals surface area (Å²) in [6, 6.07) is 0. The van der Waals surface area contributed by atoms with Crippen LogP contribution in [0.15, 0.2) is 0 Å². The second-order valence-electron chi connectivity index (χ2n) is 1.92. The van der Waals surface area contributed by atoms with Crippen molar-refractivity contribution in [1.82, 2.24) is 0 Å². The van der Waals surface area contributed by atoms with E-state index in [-0.39, 0.29) is 6.61 Å². The Kier molecular flexibility index (Phi) is 4.14. The van der Waals surface area contributed by atoms with Crippen molar-refractivity contribution < 1.29 is 14.3 Å². The zero-order valence-electron chi connectivity index (χ0n) is 5.57. The van der Waals surface area contributed by atoms with Crippen LogP contribution in [0.3, 0.4) is 0 Å². The van der Waals surface area contributed by atoms with Crippen molar-refractivity contribution in [2.24, 2.45) is 0 Å². The molecule has 0 rings (SSSR count). The van der Waals surface area contributed by atoms with Crippen molar-refractivity contribution in [3.8, 4) is 0 Å². The number of hydrogen-bond donors (Lipinski definition) is 0. The molecule has 0 aliphatic carbocycles. The molecule has 6 heteroatoms. The van der Waals surface area contributed by atoms with Gasteiger partial charge >= 0.3 is 11.2 Å². The molecule has 0 aliphatic rings. The number of rotatable bonds is 3. The average Bonchev–Trinajstić information content (AvgIpc) is 1.80. The number of alkyl halides is 2. The third-order valence-electron chi connectivity index (χ3n) is 0.617. The highest BCUT2D eigenvalue weighted by Gasteiger charge is 2.21. The van der Waals surface area contributed by atoms with Gasteiger partial charge in [0.1, 0.15) is 10.9 Å². The molecule has 0 aliphatic heterocycles. The molecule has 0 unspecified atom stereocenters. The van der Waals surface area contributed by atoms with Gasteiger partial charge in [0, 0.05) is 0 Å². The summed E-state index contributed by atoms with van der Waals surface area (Å²) >= 11 is 15.6. The maximum absolute atomic E-state index is 10.4. The first-order valence-corrected chi connectivity index (χ1v) is 3.71. The van der Waals surface area contributed by atoms with E-state index in [4.69, 9.17) is 34.8 Å². The highest BCUT2D eigenvalue weighted by atomic mass is 35.5. The summed E-state index contributed by atoms with van der Waals surface area (Å²) in [4.78, 5) is 20.4. The molecular weight excluding hydrogens is 214 g/mol. The number of carbonyl (C=O) groups excluding carboxylic acids is 2. The zero-order valence-corrected chi connectivity index (χ0v) is 7.83. The lowest BCUT2D eigenvalue weighted by Crippen LogP contribution is -2.22. The van der Waals surface area contributed by atoms with Crippen LogP contribution in [0.2, 0.25) is 0 Å². The van der Waals surface area contributed by atoms with Crippen molar-refractivity contribution in [2.75, 3.05) is 6.61 Å². The van der Waals surface area contributed by atoms with Gasteiger partial charge in [0.25, 0.3) is 0 Å². The lowest BCUT2D eigenvalue weighted by atomic mass is 10.5. The molecule has 0 heterocycles. The SMILES string of the molecule is CC(Cl)(Cl)COC(=O)C(=O)Cl. The minimum atomic E-state index is -1.19. The van der Waals surface area contributed by atoms with Gasteiger partial charge in [-0.25, -0.2) is 4.79 Å². The molecule has 0 aromatic rings. The van der Waals surface area contributed by atoms with Crippen LogP contribution in [0.4, 0.5) is 0 Å². The first-order chi connectivity index (χ1) is 4.83. The molecule has 0 N–H and O–H groups in total. The van der Waals surface area contributed by atoms with Crippen LogP contribution in [-0.4, -0.2) is 22.2 Å². The van der Waals surface area contributed by atoms with Gasteiger partial charge in [0.05, 0.1) is 0 Å². The number of hydrogen-bond acceptors (Lipinski definition) is 3. The number of halogens is 3. The molecule has 3 nitrogen and oxygen atoms in total. The number of ether oxygens (including phenoxy) is 1. The largest absolute Gasteiger partial charge is 0.456 e. The van der Waals surface area contributed by atoms with Gasteiger partial charge < -0.3 is 4.74 Å². The molecule has 0 radical (unpaired) electrons. The summed E-state index contributed by atoms with van der Waals surface area (Å²) < 4.78 is 3.09. The summed E-state index contributed by atoms with van der Waals surface area (Å²) in [6.45, 7) is 1.15. The van der Waals surface area contributed by atoms with E-state index in [0.717, 1.165) is 0 Å². The Balaban J connectivity index is 3.73. The van der Waals surface area contributed by atoms with Crippen LogP contribution >= 0.6 is 34.8 Å². The van der Waals surface area contributed by atoms with E-state index in [2.05, 4.69) is 4.74 Å². The zero-order chi connectivity index (χ0) is 9.07. The van der Waals surface area contributed by atoms with Gasteiger partial charge in [-0.15, -0.1) is 0 Å². The van der Waals surface area contributed by atoms with Crippen LogP contribution in [0.25, 0.3) is 0 Å². The topological polar surface area (TPSA) is 43.4 Å². The Hall–Kier alpha value is 0.01000. The fourth-order valence-electron chi connectivity index (χ4n) is 0.249. The third-order valence-corrected chi connectivity index (χ3v) is 0.990. The molecule has 0 aromatic carbocycles. The van der Waals surface area contributed by atoms with Gasteiger partial charge in [0.15, 0.2) is 0 Å². The molecule has 0 aromatic heterocycles. The summed E-state index contributed by atoms with van der Waals surface area (Å²) in [6.07, 6.45) is 0. The number of carbonyl (C=O) groups is 2. The van der Waals surface area contributed by atoms with Crippen LogP contribution in [0, 0.1) is 0 Å². The smallest absolute Gasteiger partial charge is 0.391 e. The maximum atomic E-state index is 10.4. The fourth-order valence-corrected chi connectivity index (χ4v) is 0.413. The van der Waals surface area contributed by atoms with Crippen LogP contribution in [0.5, 0.6) is 0 Å². The maximum Gasteiger partial charge on any atom is 0.391 e. The van der Waals surface area contributed by atoms with E-state index in [1.807, 2.05) is 0 Å². The van der Waals surface area contributed by atoms with Gasteiger partial charge in [-0.2, -0.15) is 0 Å². The van der Waals surface area contributed by atoms with Crippen LogP contribution in [-0.2, 0) is 14.3 Å². The van der Waals surface area contributed by atoms with Crippen molar-refractivity contribution >= 4 is 46.0 Å². The molecule has 0 amide bonds. The normalized spacial score (nSPS) is 10.9. The number of esters is 1. The fraction of sp³-hybridized carbons (Fsp3) is 0.600. The highest BCUT2D eigenvalue weighted by molar-refractivity contribution is 6.80. The van der Waals surface area contributed by atoms with Gasteiger partial charge in [-0.05, 0) is 18.5 Å². The Bertz CT molecular complexity index is 172. The standard InChI is InChI=1S/C5H5Cl3O3/c1-5(7,8)2-11-4(10)3(6)9/h2H2,1H3. The summed E-state index contributed by atoms with van der Waals surface area (Å²) in [5.41, 5.74) is 0. The predicted octanol–water partition coefficient (Wildman–Crippen LogP) is 1.49. The lowest BCUT2D eigenvalue weighted by Gasteiger charge is -2.11. The van der Waals surface area contributed by atoms with Gasteiger partial charge in [-0.3, -0.25) is 4.79 Å². The van der Waals surface area contributed by atoms with Gasteiger partial charge in [0.2, 0.25) is 0 Å². The minimum Gasteiger partial charge on any atom is -0.456 e. The Morgan fingerprint density at radius 2 is 1.91 bits per heavy atom. The van der Waals surface area contributed by atoms with Crippen molar-refractivity contribution in [1.29, 1.82) is 0 Å². The second-order valence-corrected chi connectivity index (χ2v) is 4.13. The first kappa shape index (κ1) is 11.0. The second kappa shape index (κ2) is 4.14. The van der Waals surface area contributed by atoms with E-state index in [0.29, 0.717) is 0 Å². The van der Waals surface area contributed by atoms with E-state index >= 15 is 0 Å². The molecule has 0 fully saturated rings. The van der Waals surface area contributed by atoms with Crippen molar-refractivity contribution in [3.05, 3.63) is 0 Å². The van der Waals surface area contributed by atoms with Crippen LogP contribution in [0.1, 0.15) is 6.92 Å². The summed E-state index contributed by atoms with van der Waals surface area (Å²) in [5, 5.41) is -1.19. The minimum absolute atomic E-state index is 0.270. The lowest BCUT2D eigenvalue weighted by molar-refractivity contribution is -0.150. The molecule has 0 bridgehead atoms. The van der Waals surface area contributed by atoms with Crippen molar-refractivity contribution in [2.45, 2.75) is 11.3 Å². The van der Waals surface area contributed by atoms with Gasteiger partial charge in [-0.1, -0.05) is 23.2 Å². The summed E-state index contributed by atoms with van der Waals surface area (Å²) in [5.74, 6) is -1.15. The van der Waals surface area contributed by atoms with E-state index in [1.165, 1.54) is 6.92 Å². The molecule has 0 saturated heterocycles. The van der Waals surface area contributed by atoms with Crippen LogP contribution < -0.4 is 0 Å². The van der Waals surface area contributed by atoms with E-state index in [1.54, 1.807) is 0 Å². The summed E-state index contributed by atoms with van der Waals surface area (Å²) in [7, 11) is 0. The molecule has 0 spiro atoms. The Morgan fingerprint density at radius 1 is 1.45 bits per heavy atom. The predicted molar refractivity (Wildman–Crippen MR) is 41.9 cm³/mol. The Labute approximate surface area is 78.5 Å². The first-order valence-electron chi connectivity index (χ1n) is 2.57. The molecule has 0 atom stereocenters. The molecular formula is C5H5Cl3O3. The molecule has 11 heavy (non-hydrogen) atoms. The van der Waals surface area contributed by atoms with Crippen molar-refractivity contribution in [3.63, 3.8) is 0 Å². The quantitative estimate of drug-likeness (QED) is 0.313. The van der Waals surface area contributed by atoms with E-state index < -0.39 is 15.5 Å². The average molecular weight is 219 g/mol. The Morgan fingerprint density at radius 3 is 2.18 bits per heavy atom. The highest BCUT2D eigenvalue weighted by Crippen LogP contribution is 2.19. The monoisotopic (exact) mass is 218 g/mol. The molecule has 0 saturated carbocycles. The van der Waals surface area contributed by atoms with E-state index in [9.17, 15) is 9.59 Å². The molecule has 64 valence electrons. The third kappa shape index (κ3) is 6.41.